The van der Waals surface area contributed by atoms with Crippen molar-refractivity contribution >= 4 is 114 Å². The van der Waals surface area contributed by atoms with Crippen molar-refractivity contribution in [1.29, 1.82) is 0 Å². The summed E-state index contributed by atoms with van der Waals surface area (Å²) < 4.78 is 34.8. The molecule has 2 saturated carbocycles. The maximum absolute atomic E-state index is 15.4. The number of halogens is 6. The van der Waals surface area contributed by atoms with E-state index in [1.54, 1.807) is 44.3 Å². The number of amides is 4. The third-order valence-corrected chi connectivity index (χ3v) is 17.0. The van der Waals surface area contributed by atoms with Gasteiger partial charge in [0.05, 0.1) is 17.4 Å². The molecule has 3 heterocycles. The molecule has 14 nitrogen and oxygen atoms in total. The summed E-state index contributed by atoms with van der Waals surface area (Å²) in [6, 6.07) is 4.03. The Morgan fingerprint density at radius 3 is 2.32 bits per heavy atom. The molecule has 2 aliphatic heterocycles. The SMILES string of the molecule is CC(C)Oc1ccc2c(O[C@@H]3C[C@H]4C(=O)N[C@]5(C(=O)NS(=O)(=O)C6(C)CC6)C[C@H]5C=CCC[C@H](C)C[C@@H](C)[C@H](N(C(=O)O)C(C)(C(Cl)(Cl)Cl)C(Cl)(Cl)Cl)C(=O)N4C3)nccc2c1. The fourth-order valence-corrected chi connectivity index (χ4v) is 11.6. The van der Waals surface area contributed by atoms with Crippen molar-refractivity contribution in [2.45, 2.75) is 134 Å². The molecule has 4 amide bonds. The molecule has 21 heteroatoms. The molecule has 2 aliphatic carbocycles. The van der Waals surface area contributed by atoms with Gasteiger partial charge in [0.2, 0.25) is 35.3 Å². The van der Waals surface area contributed by atoms with Crippen LogP contribution in [0.1, 0.15) is 86.5 Å². The first-order chi connectivity index (χ1) is 28.7. The Morgan fingerprint density at radius 2 is 1.73 bits per heavy atom. The zero-order valence-electron chi connectivity index (χ0n) is 35.0. The number of alkyl halides is 6. The van der Waals surface area contributed by atoms with E-state index in [1.165, 1.54) is 4.90 Å². The molecular weight excluding hydrogens is 951 g/mol. The molecular formula is C41H51Cl6N5O9S. The highest BCUT2D eigenvalue weighted by Gasteiger charge is 2.67. The number of fused-ring (bicyclic) bond motifs is 3. The van der Waals surface area contributed by atoms with Crippen LogP contribution in [0.15, 0.2) is 42.6 Å². The molecule has 3 N–H and O–H groups in total. The maximum Gasteiger partial charge on any atom is 0.408 e. The molecule has 2 aromatic rings. The summed E-state index contributed by atoms with van der Waals surface area (Å²) in [6.07, 6.45) is 4.46. The van der Waals surface area contributed by atoms with Gasteiger partial charge in [-0.2, -0.15) is 0 Å². The lowest BCUT2D eigenvalue weighted by atomic mass is 9.85. The average molecular weight is 1000 g/mol. The van der Waals surface area contributed by atoms with E-state index in [0.29, 0.717) is 41.7 Å². The third kappa shape index (κ3) is 9.51. The van der Waals surface area contributed by atoms with Crippen molar-refractivity contribution in [1.82, 2.24) is 24.8 Å². The number of hydrogen-bond acceptors (Lipinski definition) is 9. The number of nitrogens with zero attached hydrogens (tertiary/aromatic N) is 3. The Morgan fingerprint density at radius 1 is 1.06 bits per heavy atom. The van der Waals surface area contributed by atoms with Crippen molar-refractivity contribution in [3.8, 4) is 11.6 Å². The van der Waals surface area contributed by atoms with E-state index in [4.69, 9.17) is 79.1 Å². The lowest BCUT2D eigenvalue weighted by molar-refractivity contribution is -0.146. The van der Waals surface area contributed by atoms with Crippen LogP contribution in [0.2, 0.25) is 0 Å². The van der Waals surface area contributed by atoms with E-state index in [1.807, 2.05) is 32.9 Å². The number of ether oxygens (including phenoxy) is 2. The second-order valence-electron chi connectivity index (χ2n) is 17.8. The zero-order chi connectivity index (χ0) is 46.0. The Bertz CT molecular complexity index is 2220. The van der Waals surface area contributed by atoms with Gasteiger partial charge in [-0.05, 0) is 108 Å². The Labute approximate surface area is 391 Å². The number of aromatic nitrogens is 1. The van der Waals surface area contributed by atoms with Crippen LogP contribution in [0.4, 0.5) is 4.79 Å². The van der Waals surface area contributed by atoms with Gasteiger partial charge in [0.25, 0.3) is 5.91 Å². The normalized spacial score (nSPS) is 28.2. The summed E-state index contributed by atoms with van der Waals surface area (Å²) in [6.45, 7) is 9.78. The number of carbonyl (C=O) groups is 4. The predicted molar refractivity (Wildman–Crippen MR) is 240 cm³/mol. The van der Waals surface area contributed by atoms with Crippen LogP contribution in [0, 0.1) is 17.8 Å². The molecule has 6 rings (SSSR count). The molecule has 0 spiro atoms. The number of hydrogen-bond donors (Lipinski definition) is 3. The van der Waals surface area contributed by atoms with E-state index < -0.39 is 87.3 Å². The minimum atomic E-state index is -4.10. The maximum atomic E-state index is 15.4. The van der Waals surface area contributed by atoms with Crippen LogP contribution >= 0.6 is 69.6 Å². The smallest absolute Gasteiger partial charge is 0.408 e. The highest BCUT2D eigenvalue weighted by atomic mass is 35.6. The molecule has 1 saturated heterocycles. The van der Waals surface area contributed by atoms with Crippen LogP contribution in [-0.2, 0) is 24.4 Å². The highest BCUT2D eigenvalue weighted by Crippen LogP contribution is 2.56. The van der Waals surface area contributed by atoms with Gasteiger partial charge in [-0.15, -0.1) is 0 Å². The number of carboxylic acid groups (broad SMARTS) is 1. The van der Waals surface area contributed by atoms with Crippen LogP contribution in [-0.4, -0.2) is 106 Å². The summed E-state index contributed by atoms with van der Waals surface area (Å²) in [4.78, 5) is 64.0. The van der Waals surface area contributed by atoms with Crippen LogP contribution in [0.5, 0.6) is 11.6 Å². The molecule has 7 atom stereocenters. The fraction of sp³-hybridized carbons (Fsp3) is 0.634. The first kappa shape index (κ1) is 48.8. The molecule has 62 heavy (non-hydrogen) atoms. The number of carbonyl (C=O) groups excluding carboxylic acids is 3. The minimum absolute atomic E-state index is 0.0786. The van der Waals surface area contributed by atoms with Crippen molar-refractivity contribution in [3.63, 3.8) is 0 Å². The van der Waals surface area contributed by atoms with Gasteiger partial charge < -0.3 is 24.8 Å². The number of nitrogens with one attached hydrogen (secondary N) is 2. The van der Waals surface area contributed by atoms with Gasteiger partial charge in [-0.3, -0.25) is 24.0 Å². The topological polar surface area (TPSA) is 185 Å². The first-order valence-electron chi connectivity index (χ1n) is 20.4. The standard InChI is InChI=1S/C41H51Cl6N5O9S/c1-22(2)60-27-11-12-29-25(18-27)13-16-48-33(29)61-28-19-30-32(53)49-39(35(55)50-62(58,59)37(5)14-15-37)20-26(39)10-8-7-9-23(3)17-24(4)31(34(54)51(30)21-28)52(36(56)57)38(6,40(42,43)44)41(45,46)47/h8,10-13,16,18,22-24,26,28,30-31H,7,9,14-15,17,19-21H2,1-6H3,(H,49,53)(H,50,55)(H,56,57)/t23-,24+,26+,28+,30-,31-,39+/m0/s1. The Balaban J connectivity index is 1.45. The largest absolute Gasteiger partial charge is 0.491 e. The Hall–Kier alpha value is -2.66. The van der Waals surface area contributed by atoms with Crippen LogP contribution in [0.25, 0.3) is 10.8 Å². The molecule has 1 aromatic heterocycles. The Kier molecular flexibility index (Phi) is 13.9. The van der Waals surface area contributed by atoms with Crippen molar-refractivity contribution in [3.05, 3.63) is 42.6 Å². The van der Waals surface area contributed by atoms with Gasteiger partial charge in [0, 0.05) is 23.9 Å². The van der Waals surface area contributed by atoms with E-state index in [0.717, 1.165) is 12.3 Å². The van der Waals surface area contributed by atoms with E-state index in [2.05, 4.69) is 15.0 Å². The summed E-state index contributed by atoms with van der Waals surface area (Å²) in [5.41, 5.74) is -4.18. The van der Waals surface area contributed by atoms with Gasteiger partial charge in [0.1, 0.15) is 35.0 Å². The van der Waals surface area contributed by atoms with E-state index in [-0.39, 0.29) is 43.7 Å². The van der Waals surface area contributed by atoms with Crippen LogP contribution < -0.4 is 19.5 Å². The summed E-state index contributed by atoms with van der Waals surface area (Å²) in [5.74, 6) is -3.31. The molecule has 0 radical (unpaired) electrons. The van der Waals surface area contributed by atoms with Gasteiger partial charge >= 0.3 is 6.09 Å². The summed E-state index contributed by atoms with van der Waals surface area (Å²) in [5, 5.41) is 15.1. The van der Waals surface area contributed by atoms with Crippen molar-refractivity contribution in [2.75, 3.05) is 6.54 Å². The molecule has 1 aromatic carbocycles. The first-order valence-corrected chi connectivity index (χ1v) is 24.1. The molecule has 342 valence electrons. The fourth-order valence-electron chi connectivity index (χ4n) is 8.49. The number of benzene rings is 1. The molecule has 3 fully saturated rings. The average Bonchev–Trinajstić information content (AvgIpc) is 4.03. The number of rotatable bonds is 9. The highest BCUT2D eigenvalue weighted by molar-refractivity contribution is 7.91. The molecule has 0 unspecified atom stereocenters. The lowest BCUT2D eigenvalue weighted by Gasteiger charge is -2.52. The summed E-state index contributed by atoms with van der Waals surface area (Å²) >= 11 is 38.9. The number of sulfonamides is 1. The van der Waals surface area contributed by atoms with Gasteiger partial charge in [0.15, 0.2) is 0 Å². The quantitative estimate of drug-likeness (QED) is 0.164. The third-order valence-electron chi connectivity index (χ3n) is 12.6. The van der Waals surface area contributed by atoms with Gasteiger partial charge in [-0.1, -0.05) is 95.6 Å². The van der Waals surface area contributed by atoms with Gasteiger partial charge in [-0.25, -0.2) is 18.2 Å². The van der Waals surface area contributed by atoms with Crippen molar-refractivity contribution < 1.29 is 42.2 Å². The van der Waals surface area contributed by atoms with Crippen LogP contribution in [0.3, 0.4) is 0 Å². The minimum Gasteiger partial charge on any atom is -0.491 e. The summed E-state index contributed by atoms with van der Waals surface area (Å²) in [7, 11) is -4.10. The number of allylic oxidation sites excluding steroid dienone is 1. The molecule has 0 bridgehead atoms. The monoisotopic (exact) mass is 999 g/mol. The molecule has 4 aliphatic rings. The second kappa shape index (κ2) is 17.6. The lowest BCUT2D eigenvalue weighted by Crippen LogP contribution is -2.71. The van der Waals surface area contributed by atoms with E-state index in [9.17, 15) is 27.9 Å². The van der Waals surface area contributed by atoms with Crippen molar-refractivity contribution in [2.24, 2.45) is 17.8 Å². The number of pyridine rings is 1. The zero-order valence-corrected chi connectivity index (χ0v) is 40.3. The predicted octanol–water partition coefficient (Wildman–Crippen LogP) is 8.10. The second-order valence-corrected chi connectivity index (χ2v) is 24.6. The van der Waals surface area contributed by atoms with E-state index >= 15 is 4.79 Å².